The van der Waals surface area contributed by atoms with Crippen LogP contribution in [0.1, 0.15) is 61.4 Å². The molecule has 0 spiro atoms. The number of halogens is 3. The number of amides is 1. The van der Waals surface area contributed by atoms with Crippen molar-refractivity contribution in [3.63, 3.8) is 0 Å². The molecule has 196 valence electrons. The van der Waals surface area contributed by atoms with Crippen molar-refractivity contribution in [3.8, 4) is 0 Å². The van der Waals surface area contributed by atoms with E-state index in [9.17, 15) is 27.9 Å². The number of hydrogen-bond donors (Lipinski definition) is 2. The number of aliphatic imine (C=N–C) groups is 1. The molecule has 2 saturated carbocycles. The first-order valence-electron chi connectivity index (χ1n) is 11.8. The van der Waals surface area contributed by atoms with Crippen LogP contribution in [0.4, 0.5) is 13.2 Å². The van der Waals surface area contributed by atoms with Crippen molar-refractivity contribution < 1.29 is 32.6 Å². The van der Waals surface area contributed by atoms with Crippen LogP contribution >= 0.6 is 0 Å². The second kappa shape index (κ2) is 10.5. The number of alkyl halides is 3. The molecule has 1 aromatic rings. The lowest BCUT2D eigenvalue weighted by atomic mass is 9.67. The molecule has 0 aliphatic heterocycles. The smallest absolute Gasteiger partial charge is 0.421 e. The third-order valence-corrected chi connectivity index (χ3v) is 7.26. The van der Waals surface area contributed by atoms with Crippen LogP contribution < -0.4 is 5.73 Å². The number of carbonyl (C=O) groups is 2. The Hall–Kier alpha value is -3.14. The summed E-state index contributed by atoms with van der Waals surface area (Å²) in [6.45, 7) is 4.16. The van der Waals surface area contributed by atoms with Gasteiger partial charge in [0.05, 0.1) is 12.5 Å². The van der Waals surface area contributed by atoms with E-state index in [1.54, 1.807) is 11.0 Å². The Morgan fingerprint density at radius 1 is 1.17 bits per heavy atom. The van der Waals surface area contributed by atoms with Gasteiger partial charge in [-0.3, -0.25) is 14.6 Å². The molecule has 36 heavy (non-hydrogen) atoms. The number of allylic oxidation sites excluding steroid dienone is 1. The highest BCUT2D eigenvalue weighted by molar-refractivity contribution is 5.95. The van der Waals surface area contributed by atoms with Crippen LogP contribution in [0.5, 0.6) is 0 Å². The van der Waals surface area contributed by atoms with E-state index in [-0.39, 0.29) is 29.1 Å². The summed E-state index contributed by atoms with van der Waals surface area (Å²) >= 11 is 0. The van der Waals surface area contributed by atoms with Crippen molar-refractivity contribution in [2.24, 2.45) is 16.1 Å². The monoisotopic (exact) mass is 507 g/mol. The second-order valence-electron chi connectivity index (χ2n) is 9.52. The first kappa shape index (κ1) is 27.4. The van der Waals surface area contributed by atoms with Crippen molar-refractivity contribution in [3.05, 3.63) is 59.4 Å². The van der Waals surface area contributed by atoms with Gasteiger partial charge in [0.1, 0.15) is 0 Å². The van der Waals surface area contributed by atoms with E-state index in [0.717, 1.165) is 25.0 Å². The fraction of sp³-hybridized carbons (Fsp3) is 0.500. The van der Waals surface area contributed by atoms with Gasteiger partial charge in [-0.25, -0.2) is 0 Å². The highest BCUT2D eigenvalue weighted by Crippen LogP contribution is 2.47. The van der Waals surface area contributed by atoms with Crippen LogP contribution in [0, 0.1) is 5.41 Å². The molecule has 0 bridgehead atoms. The minimum atomic E-state index is -4.85. The lowest BCUT2D eigenvalue weighted by molar-refractivity contribution is -0.258. The number of aliphatic hydroxyl groups is 1. The first-order valence-corrected chi connectivity index (χ1v) is 11.8. The maximum absolute atomic E-state index is 13.5. The molecule has 1 atom stereocenters. The largest absolute Gasteiger partial charge is 0.468 e. The summed E-state index contributed by atoms with van der Waals surface area (Å²) in [7, 11) is 1.32. The van der Waals surface area contributed by atoms with Crippen molar-refractivity contribution in [1.82, 2.24) is 4.90 Å². The molecule has 10 heteroatoms. The average molecular weight is 508 g/mol. The molecule has 1 amide bonds. The summed E-state index contributed by atoms with van der Waals surface area (Å²) < 4.78 is 44.6. The Kier molecular flexibility index (Phi) is 7.97. The van der Waals surface area contributed by atoms with E-state index in [4.69, 9.17) is 10.5 Å². The zero-order valence-corrected chi connectivity index (χ0v) is 20.4. The van der Waals surface area contributed by atoms with E-state index >= 15 is 0 Å². The fourth-order valence-corrected chi connectivity index (χ4v) is 4.94. The Labute approximate surface area is 208 Å². The molecular formula is C26H32F3N3O4. The lowest BCUT2D eigenvalue weighted by Crippen LogP contribution is -2.48. The molecule has 3 rings (SSSR count). The molecule has 0 radical (unpaired) electrons. The fourth-order valence-electron chi connectivity index (χ4n) is 4.94. The van der Waals surface area contributed by atoms with Crippen LogP contribution in [0.2, 0.25) is 0 Å². The number of esters is 1. The Balaban J connectivity index is 1.83. The van der Waals surface area contributed by atoms with Gasteiger partial charge in [-0.2, -0.15) is 13.2 Å². The minimum Gasteiger partial charge on any atom is -0.468 e. The van der Waals surface area contributed by atoms with Crippen LogP contribution in [0.15, 0.2) is 53.3 Å². The van der Waals surface area contributed by atoms with Crippen LogP contribution in [0.25, 0.3) is 0 Å². The van der Waals surface area contributed by atoms with Gasteiger partial charge in [-0.05, 0) is 87.7 Å². The van der Waals surface area contributed by atoms with E-state index in [0.29, 0.717) is 38.2 Å². The number of ether oxygens (including phenoxy) is 1. The van der Waals surface area contributed by atoms with Gasteiger partial charge in [-0.15, -0.1) is 0 Å². The number of carbonyl (C=O) groups excluding carboxylic acids is 2. The van der Waals surface area contributed by atoms with Crippen LogP contribution in [-0.2, 0) is 15.1 Å². The number of benzene rings is 1. The highest BCUT2D eigenvalue weighted by Gasteiger charge is 2.51. The number of nitrogens with two attached hydrogens (primary N) is 1. The van der Waals surface area contributed by atoms with Crippen molar-refractivity contribution in [1.29, 1.82) is 0 Å². The maximum atomic E-state index is 13.5. The number of hydrogen-bond acceptors (Lipinski definition) is 6. The van der Waals surface area contributed by atoms with Gasteiger partial charge in [0.2, 0.25) is 0 Å². The summed E-state index contributed by atoms with van der Waals surface area (Å²) in [5, 5.41) is 9.91. The third-order valence-electron chi connectivity index (χ3n) is 7.26. The summed E-state index contributed by atoms with van der Waals surface area (Å²) in [6.07, 6.45) is 3.10. The topological polar surface area (TPSA) is 105 Å². The standard InChI is InChI=1S/C26H32F3N3O4/c1-24(35,26(27,28)29)18-6-4-17(5-7-18)22(33)32(20-8-9-20)21-10-13-25(14-11-21,23(34)36-3)19(12-15-30)16-31-2/h4-7,12,15-16,20-21,35H,2,8-11,13-14,30H2,1,3H3/b15-12-,19-16+/t21-,24-,25+/m0/s1. The predicted molar refractivity (Wildman–Crippen MR) is 129 cm³/mol. The van der Waals surface area contributed by atoms with Crippen molar-refractivity contribution in [2.75, 3.05) is 7.11 Å². The van der Waals surface area contributed by atoms with E-state index < -0.39 is 23.2 Å². The van der Waals surface area contributed by atoms with Gasteiger partial charge in [0.25, 0.3) is 5.91 Å². The van der Waals surface area contributed by atoms with Gasteiger partial charge in [-0.1, -0.05) is 12.1 Å². The van der Waals surface area contributed by atoms with Crippen LogP contribution in [0.3, 0.4) is 0 Å². The molecular weight excluding hydrogens is 475 g/mol. The van der Waals surface area contributed by atoms with Crippen LogP contribution in [-0.4, -0.2) is 54.0 Å². The second-order valence-corrected chi connectivity index (χ2v) is 9.52. The molecule has 0 heterocycles. The highest BCUT2D eigenvalue weighted by atomic mass is 19.4. The number of nitrogens with zero attached hydrogens (tertiary/aromatic N) is 2. The molecule has 2 aliphatic rings. The van der Waals surface area contributed by atoms with Crippen molar-refractivity contribution >= 4 is 18.6 Å². The van der Waals surface area contributed by atoms with Gasteiger partial charge in [0, 0.05) is 23.8 Å². The van der Waals surface area contributed by atoms with Gasteiger partial charge in [0.15, 0.2) is 5.60 Å². The molecule has 1 aromatic carbocycles. The number of rotatable bonds is 8. The molecule has 0 unspecified atom stereocenters. The van der Waals surface area contributed by atoms with Gasteiger partial charge < -0.3 is 20.5 Å². The van der Waals surface area contributed by atoms with Gasteiger partial charge >= 0.3 is 12.1 Å². The van der Waals surface area contributed by atoms with Crippen molar-refractivity contribution in [2.45, 2.75) is 69.3 Å². The maximum Gasteiger partial charge on any atom is 0.421 e. The quantitative estimate of drug-likeness (QED) is 0.311. The molecule has 7 nitrogen and oxygen atoms in total. The molecule has 2 fully saturated rings. The Morgan fingerprint density at radius 3 is 2.17 bits per heavy atom. The summed E-state index contributed by atoms with van der Waals surface area (Å²) in [5.74, 6) is -0.692. The van der Waals surface area contributed by atoms with E-state index in [2.05, 4.69) is 11.7 Å². The SMILES string of the molecule is C=N/C=C(\C=C/N)[C@]1(C(=O)OC)CC[C@@H](N(C(=O)c2ccc([C@](C)(O)C(F)(F)F)cc2)C2CC2)CC1. The zero-order chi connectivity index (χ0) is 26.7. The normalized spacial score (nSPS) is 24.7. The average Bonchev–Trinajstić information content (AvgIpc) is 3.68. The summed E-state index contributed by atoms with van der Waals surface area (Å²) in [5.41, 5.74) is 2.09. The minimum absolute atomic E-state index is 0.0416. The zero-order valence-electron chi connectivity index (χ0n) is 20.4. The van der Waals surface area contributed by atoms with E-state index in [1.807, 2.05) is 0 Å². The molecule has 2 aliphatic carbocycles. The Bertz CT molecular complexity index is 1040. The van der Waals surface area contributed by atoms with E-state index in [1.165, 1.54) is 31.6 Å². The Morgan fingerprint density at radius 2 is 1.72 bits per heavy atom. The number of methoxy groups -OCH3 is 1. The summed E-state index contributed by atoms with van der Waals surface area (Å²) in [4.78, 5) is 31.9. The summed E-state index contributed by atoms with van der Waals surface area (Å²) in [6, 6.07) is 4.79. The predicted octanol–water partition coefficient (Wildman–Crippen LogP) is 4.22. The molecule has 0 saturated heterocycles. The third kappa shape index (κ3) is 5.18. The molecule has 3 N–H and O–H groups in total. The molecule has 0 aromatic heterocycles. The first-order chi connectivity index (χ1) is 16.9. The lowest BCUT2D eigenvalue weighted by Gasteiger charge is -2.42.